The van der Waals surface area contributed by atoms with E-state index in [9.17, 15) is 0 Å². The van der Waals surface area contributed by atoms with Gasteiger partial charge in [0.1, 0.15) is 14.1 Å². The van der Waals surface area contributed by atoms with Crippen molar-refractivity contribution in [3.8, 4) is 11.5 Å². The molecule has 0 N–H and O–H groups in total. The number of rotatable bonds is 8. The van der Waals surface area contributed by atoms with Gasteiger partial charge in [-0.1, -0.05) is 133 Å². The Labute approximate surface area is 375 Å². The SMILES string of the molecule is CN1/C(=C/C=C/C2=[N+](C)c3ccccc3C2(C)Cc2ccc(CC3(C)C(/C=C/C=C4\Oc5c(ccc6ccccc56)N4C)=[N+](C)c4ccccc43)cc2)Oc2c1ccc1ccccc21. The van der Waals surface area contributed by atoms with Crippen LogP contribution in [-0.4, -0.2) is 48.8 Å². The molecule has 6 nitrogen and oxygen atoms in total. The molecule has 4 heterocycles. The number of nitrogens with zero attached hydrogens (tertiary/aromatic N) is 4. The van der Waals surface area contributed by atoms with E-state index in [-0.39, 0.29) is 10.8 Å². The average molecular weight is 837 g/mol. The average Bonchev–Trinajstić information content (AvgIpc) is 3.96. The predicted molar refractivity (Wildman–Crippen MR) is 264 cm³/mol. The van der Waals surface area contributed by atoms with E-state index < -0.39 is 0 Å². The number of ether oxygens (including phenoxy) is 2. The molecule has 0 aliphatic carbocycles. The van der Waals surface area contributed by atoms with Crippen molar-refractivity contribution < 1.29 is 18.6 Å². The molecule has 7 aromatic rings. The molecular formula is C58H52N4O2+2. The normalized spacial score (nSPS) is 21.2. The summed E-state index contributed by atoms with van der Waals surface area (Å²) in [4.78, 5) is 4.26. The minimum Gasteiger partial charge on any atom is -0.438 e. The highest BCUT2D eigenvalue weighted by Gasteiger charge is 2.48. The molecule has 6 heteroatoms. The monoisotopic (exact) mass is 836 g/mol. The Morgan fingerprint density at radius 3 is 1.31 bits per heavy atom. The first-order chi connectivity index (χ1) is 31.1. The maximum absolute atomic E-state index is 6.49. The third-order valence-corrected chi connectivity index (χ3v) is 14.2. The molecule has 0 spiro atoms. The quantitative estimate of drug-likeness (QED) is 0.143. The number of hydrogen-bond donors (Lipinski definition) is 0. The second-order valence-corrected chi connectivity index (χ2v) is 18.1. The van der Waals surface area contributed by atoms with Crippen LogP contribution in [-0.2, 0) is 23.7 Å². The lowest BCUT2D eigenvalue weighted by atomic mass is 9.73. The molecule has 2 atom stereocenters. The number of hydrogen-bond acceptors (Lipinski definition) is 4. The Morgan fingerprint density at radius 2 is 0.875 bits per heavy atom. The molecule has 0 amide bonds. The Morgan fingerprint density at radius 1 is 0.484 bits per heavy atom. The van der Waals surface area contributed by atoms with Crippen LogP contribution < -0.4 is 19.3 Å². The molecule has 4 aliphatic heterocycles. The van der Waals surface area contributed by atoms with Crippen LogP contribution in [0.15, 0.2) is 194 Å². The summed E-state index contributed by atoms with van der Waals surface area (Å²) in [7, 11) is 8.52. The molecule has 4 aliphatic rings. The van der Waals surface area contributed by atoms with Crippen molar-refractivity contribution in [2.24, 2.45) is 0 Å². The summed E-state index contributed by atoms with van der Waals surface area (Å²) >= 11 is 0. The fourth-order valence-electron chi connectivity index (χ4n) is 10.8. The lowest BCUT2D eigenvalue weighted by Crippen LogP contribution is -2.33. The van der Waals surface area contributed by atoms with E-state index in [0.29, 0.717) is 0 Å². The van der Waals surface area contributed by atoms with E-state index in [4.69, 9.17) is 9.47 Å². The molecule has 0 saturated carbocycles. The van der Waals surface area contributed by atoms with Crippen LogP contribution in [0.5, 0.6) is 11.5 Å². The van der Waals surface area contributed by atoms with Crippen LogP contribution in [0.4, 0.5) is 22.7 Å². The Kier molecular flexibility index (Phi) is 9.32. The van der Waals surface area contributed by atoms with Crippen molar-refractivity contribution in [3.05, 3.63) is 216 Å². The summed E-state index contributed by atoms with van der Waals surface area (Å²) in [5.74, 6) is 3.45. The lowest BCUT2D eigenvalue weighted by Gasteiger charge is -2.24. The zero-order valence-corrected chi connectivity index (χ0v) is 37.3. The third-order valence-electron chi connectivity index (χ3n) is 14.2. The third kappa shape index (κ3) is 6.23. The second-order valence-electron chi connectivity index (χ2n) is 18.1. The van der Waals surface area contributed by atoms with E-state index in [1.165, 1.54) is 55.8 Å². The predicted octanol–water partition coefficient (Wildman–Crippen LogP) is 12.3. The molecule has 0 saturated heterocycles. The first-order valence-corrected chi connectivity index (χ1v) is 22.2. The fourth-order valence-corrected chi connectivity index (χ4v) is 10.8. The van der Waals surface area contributed by atoms with Crippen molar-refractivity contribution in [1.29, 1.82) is 0 Å². The zero-order valence-electron chi connectivity index (χ0n) is 37.3. The summed E-state index contributed by atoms with van der Waals surface area (Å²) < 4.78 is 17.7. The number of fused-ring (bicyclic) bond motifs is 8. The van der Waals surface area contributed by atoms with Gasteiger partial charge in [0.25, 0.3) is 0 Å². The van der Waals surface area contributed by atoms with Crippen LogP contribution in [0.1, 0.15) is 36.1 Å². The molecule has 11 rings (SSSR count). The molecule has 0 radical (unpaired) electrons. The minimum absolute atomic E-state index is 0.242. The Balaban J connectivity index is 0.847. The van der Waals surface area contributed by atoms with E-state index in [1.807, 2.05) is 0 Å². The van der Waals surface area contributed by atoms with Crippen molar-refractivity contribution in [1.82, 2.24) is 0 Å². The van der Waals surface area contributed by atoms with Gasteiger partial charge in [0.05, 0.1) is 22.2 Å². The molecule has 0 aromatic heterocycles. The summed E-state index contributed by atoms with van der Waals surface area (Å²) in [5.41, 5.74) is 12.0. The summed E-state index contributed by atoms with van der Waals surface area (Å²) in [6.07, 6.45) is 14.8. The Bertz CT molecular complexity index is 3040. The van der Waals surface area contributed by atoms with E-state index in [2.05, 4.69) is 243 Å². The standard InChI is InChI=1S/C58H52N4O2/c1-57(45-21-11-13-23-47(45)59(3)51(57)25-15-27-53-61(5)49-35-33-41-17-7-9-19-43(41)55(49)63-53)37-39-29-31-40(32-30-39)38-58(2)46-22-12-14-24-48(46)60(4)52(58)26-16-28-54-62(6)50-36-34-42-18-8-10-20-44(42)56(50)64-54/h7-36H,37-38H2,1-6H3/q+2. The summed E-state index contributed by atoms with van der Waals surface area (Å²) in [5, 5.41) is 4.60. The highest BCUT2D eigenvalue weighted by atomic mass is 16.5. The molecule has 0 bridgehead atoms. The van der Waals surface area contributed by atoms with Gasteiger partial charge >= 0.3 is 0 Å². The number of para-hydroxylation sites is 2. The van der Waals surface area contributed by atoms with E-state index >= 15 is 0 Å². The van der Waals surface area contributed by atoms with E-state index in [1.54, 1.807) is 0 Å². The van der Waals surface area contributed by atoms with Gasteiger partial charge in [-0.2, -0.15) is 9.15 Å². The summed E-state index contributed by atoms with van der Waals surface area (Å²) in [6.45, 7) is 4.78. The summed E-state index contributed by atoms with van der Waals surface area (Å²) in [6, 6.07) is 52.5. The van der Waals surface area contributed by atoms with Crippen LogP contribution in [0.2, 0.25) is 0 Å². The van der Waals surface area contributed by atoms with Gasteiger partial charge in [0.2, 0.25) is 11.4 Å². The van der Waals surface area contributed by atoms with Crippen LogP contribution >= 0.6 is 0 Å². The molecule has 0 fully saturated rings. The topological polar surface area (TPSA) is 31.0 Å². The highest BCUT2D eigenvalue weighted by molar-refractivity contribution is 6.05. The van der Waals surface area contributed by atoms with Gasteiger partial charge in [-0.15, -0.1) is 0 Å². The minimum atomic E-state index is -0.242. The van der Waals surface area contributed by atoms with Crippen molar-refractivity contribution in [2.75, 3.05) is 38.0 Å². The number of benzene rings is 7. The number of allylic oxidation sites excluding steroid dienone is 6. The van der Waals surface area contributed by atoms with Crippen LogP contribution in [0, 0.1) is 0 Å². The molecule has 314 valence electrons. The molecule has 2 unspecified atom stereocenters. The largest absolute Gasteiger partial charge is 0.438 e. The van der Waals surface area contributed by atoms with Crippen molar-refractivity contribution in [2.45, 2.75) is 37.5 Å². The van der Waals surface area contributed by atoms with Gasteiger partial charge in [-0.25, -0.2) is 0 Å². The molecule has 64 heavy (non-hydrogen) atoms. The second kappa shape index (κ2) is 15.1. The maximum atomic E-state index is 6.49. The van der Waals surface area contributed by atoms with E-state index in [0.717, 1.165) is 58.3 Å². The first kappa shape index (κ1) is 39.4. The molecule has 7 aromatic carbocycles. The van der Waals surface area contributed by atoms with Crippen LogP contribution in [0.3, 0.4) is 0 Å². The van der Waals surface area contributed by atoms with Gasteiger partial charge in [0.15, 0.2) is 34.7 Å². The zero-order chi connectivity index (χ0) is 43.7. The van der Waals surface area contributed by atoms with Gasteiger partial charge in [-0.05, 0) is 72.9 Å². The lowest BCUT2D eigenvalue weighted by molar-refractivity contribution is -0.401. The Hall–Kier alpha value is -7.44. The van der Waals surface area contributed by atoms with Crippen molar-refractivity contribution >= 4 is 55.7 Å². The van der Waals surface area contributed by atoms with Gasteiger partial charge in [0, 0.05) is 60.3 Å². The van der Waals surface area contributed by atoms with Crippen molar-refractivity contribution in [3.63, 3.8) is 0 Å². The maximum Gasteiger partial charge on any atom is 0.209 e. The van der Waals surface area contributed by atoms with Gasteiger partial charge < -0.3 is 19.3 Å². The smallest absolute Gasteiger partial charge is 0.209 e. The van der Waals surface area contributed by atoms with Crippen LogP contribution in [0.25, 0.3) is 21.5 Å². The fraction of sp³-hybridized carbons (Fsp3) is 0.172. The number of anilines is 2. The molecular weight excluding hydrogens is 785 g/mol. The van der Waals surface area contributed by atoms with Gasteiger partial charge in [-0.3, -0.25) is 0 Å². The highest BCUT2D eigenvalue weighted by Crippen LogP contribution is 2.47. The first-order valence-electron chi connectivity index (χ1n) is 22.2.